The number of para-hydroxylation sites is 1. The molecule has 3 heteroatoms. The summed E-state index contributed by atoms with van der Waals surface area (Å²) >= 11 is 0. The third kappa shape index (κ3) is 4.32. The van der Waals surface area contributed by atoms with E-state index in [1.165, 1.54) is 85.6 Å². The fourth-order valence-corrected chi connectivity index (χ4v) is 6.70. The summed E-state index contributed by atoms with van der Waals surface area (Å²) < 4.78 is 0. The van der Waals surface area contributed by atoms with E-state index in [2.05, 4.69) is 69.8 Å². The lowest BCUT2D eigenvalue weighted by molar-refractivity contribution is 0.276. The Labute approximate surface area is 192 Å². The van der Waals surface area contributed by atoms with Crippen molar-refractivity contribution in [3.05, 3.63) is 54.6 Å². The summed E-state index contributed by atoms with van der Waals surface area (Å²) in [6.45, 7) is 2.32. The number of aromatic amines is 1. The highest BCUT2D eigenvalue weighted by molar-refractivity contribution is 5.86. The molecule has 2 saturated carbocycles. The van der Waals surface area contributed by atoms with E-state index in [0.717, 1.165) is 31.0 Å². The van der Waals surface area contributed by atoms with Crippen LogP contribution in [0.2, 0.25) is 0 Å². The summed E-state index contributed by atoms with van der Waals surface area (Å²) in [6.07, 6.45) is 12.8. The van der Waals surface area contributed by atoms with E-state index >= 15 is 0 Å². The van der Waals surface area contributed by atoms with Crippen LogP contribution in [0.1, 0.15) is 57.8 Å². The molecule has 3 aliphatic rings. The minimum Gasteiger partial charge on any atom is -0.371 e. The molecule has 2 aromatic carbocycles. The van der Waals surface area contributed by atoms with Crippen LogP contribution in [0.25, 0.3) is 22.2 Å². The third-order valence-electron chi connectivity index (χ3n) is 8.46. The van der Waals surface area contributed by atoms with Crippen LogP contribution in [0, 0.1) is 11.8 Å². The molecule has 1 saturated heterocycles. The lowest BCUT2D eigenvalue weighted by atomic mass is 9.88. The molecule has 1 unspecified atom stereocenters. The highest BCUT2D eigenvalue weighted by Crippen LogP contribution is 2.38. The van der Waals surface area contributed by atoms with Gasteiger partial charge in [0.2, 0.25) is 0 Å². The van der Waals surface area contributed by atoms with Gasteiger partial charge < -0.3 is 15.2 Å². The van der Waals surface area contributed by atoms with Gasteiger partial charge in [-0.2, -0.15) is 0 Å². The molecule has 168 valence electrons. The maximum absolute atomic E-state index is 4.12. The summed E-state index contributed by atoms with van der Waals surface area (Å²) in [6, 6.07) is 21.4. The van der Waals surface area contributed by atoms with Gasteiger partial charge in [-0.15, -0.1) is 0 Å². The van der Waals surface area contributed by atoms with Crippen molar-refractivity contribution in [3.63, 3.8) is 0 Å². The van der Waals surface area contributed by atoms with Crippen molar-refractivity contribution < 1.29 is 0 Å². The van der Waals surface area contributed by atoms with Gasteiger partial charge in [-0.3, -0.25) is 0 Å². The van der Waals surface area contributed by atoms with Crippen LogP contribution >= 0.6 is 0 Å². The molecular formula is C29H37N3. The Bertz CT molecular complexity index is 998. The quantitative estimate of drug-likeness (QED) is 0.482. The van der Waals surface area contributed by atoms with Crippen molar-refractivity contribution in [1.29, 1.82) is 0 Å². The summed E-state index contributed by atoms with van der Waals surface area (Å²) in [5, 5.41) is 5.40. The molecule has 0 radical (unpaired) electrons. The van der Waals surface area contributed by atoms with Crippen LogP contribution in [-0.2, 0) is 0 Å². The van der Waals surface area contributed by atoms with E-state index in [1.54, 1.807) is 0 Å². The highest BCUT2D eigenvalue weighted by atomic mass is 15.1. The maximum atomic E-state index is 4.12. The van der Waals surface area contributed by atoms with Crippen LogP contribution in [0.5, 0.6) is 0 Å². The number of nitrogens with one attached hydrogen (secondary N) is 2. The van der Waals surface area contributed by atoms with E-state index in [0.29, 0.717) is 6.04 Å². The largest absolute Gasteiger partial charge is 0.371 e. The maximum Gasteiger partial charge on any atom is 0.0465 e. The molecule has 2 heterocycles. The molecule has 3 aromatic rings. The smallest absolute Gasteiger partial charge is 0.0465 e. The van der Waals surface area contributed by atoms with Gasteiger partial charge in [-0.05, 0) is 67.3 Å². The topological polar surface area (TPSA) is 31.1 Å². The number of fused-ring (bicyclic) bond motifs is 4. The van der Waals surface area contributed by atoms with Gasteiger partial charge in [-0.25, -0.2) is 0 Å². The van der Waals surface area contributed by atoms with Crippen molar-refractivity contribution in [3.8, 4) is 11.3 Å². The molecule has 1 aromatic heterocycles. The number of nitrogens with zero attached hydrogens (tertiary/aromatic N) is 1. The molecular weight excluding hydrogens is 390 g/mol. The van der Waals surface area contributed by atoms with Gasteiger partial charge in [0.15, 0.2) is 0 Å². The average Bonchev–Trinajstić information content (AvgIpc) is 3.01. The summed E-state index contributed by atoms with van der Waals surface area (Å²) in [5.41, 5.74) is 5.07. The Morgan fingerprint density at radius 1 is 0.750 bits per heavy atom. The summed E-state index contributed by atoms with van der Waals surface area (Å²) in [5.74, 6) is 1.99. The monoisotopic (exact) mass is 427 g/mol. The number of hydrogen-bond acceptors (Lipinski definition) is 2. The molecule has 6 rings (SSSR count). The van der Waals surface area contributed by atoms with E-state index in [-0.39, 0.29) is 0 Å². The first-order chi connectivity index (χ1) is 15.8. The van der Waals surface area contributed by atoms with Crippen LogP contribution in [-0.4, -0.2) is 30.2 Å². The lowest BCUT2D eigenvalue weighted by Gasteiger charge is -2.37. The molecule has 32 heavy (non-hydrogen) atoms. The number of anilines is 1. The second kappa shape index (κ2) is 8.94. The molecule has 0 spiro atoms. The number of aromatic nitrogens is 1. The van der Waals surface area contributed by atoms with Crippen LogP contribution in [0.3, 0.4) is 0 Å². The SMILES string of the molecule is c1cc(-c2cc3ccccc3[nH]2)cc(N2CCC(NC3C[C@@H]4CCC[C@@H](CC4)C3)CC2)c1. The summed E-state index contributed by atoms with van der Waals surface area (Å²) in [4.78, 5) is 6.18. The zero-order valence-corrected chi connectivity index (χ0v) is 19.2. The van der Waals surface area contributed by atoms with E-state index in [1.807, 2.05) is 0 Å². The minimum absolute atomic E-state index is 0.701. The van der Waals surface area contributed by atoms with Crippen molar-refractivity contribution in [2.75, 3.05) is 18.0 Å². The van der Waals surface area contributed by atoms with Gasteiger partial charge >= 0.3 is 0 Å². The number of H-pyrrole nitrogens is 1. The van der Waals surface area contributed by atoms with Crippen LogP contribution in [0.4, 0.5) is 5.69 Å². The van der Waals surface area contributed by atoms with E-state index in [9.17, 15) is 0 Å². The Morgan fingerprint density at radius 3 is 2.31 bits per heavy atom. The first kappa shape index (κ1) is 20.4. The fourth-order valence-electron chi connectivity index (χ4n) is 6.70. The van der Waals surface area contributed by atoms with Crippen molar-refractivity contribution in [2.24, 2.45) is 11.8 Å². The van der Waals surface area contributed by atoms with Crippen LogP contribution < -0.4 is 10.2 Å². The molecule has 3 nitrogen and oxygen atoms in total. The second-order valence-electron chi connectivity index (χ2n) is 10.7. The normalized spacial score (nSPS) is 26.9. The average molecular weight is 428 g/mol. The standard InChI is InChI=1S/C29H37N3/c1-2-10-28-24(7-1)20-29(31-28)23-8-4-9-27(19-23)32-15-13-25(14-16-32)30-26-17-21-5-3-6-22(18-26)12-11-21/h1-2,4,7-10,19-22,25-26,30-31H,3,5-6,11-18H2/t21-,22+,26?. The Hall–Kier alpha value is -2.26. The van der Waals surface area contributed by atoms with Crippen molar-refractivity contribution in [1.82, 2.24) is 10.3 Å². The molecule has 2 N–H and O–H groups in total. The van der Waals surface area contributed by atoms with Gasteiger partial charge in [-0.1, -0.05) is 62.4 Å². The Balaban J connectivity index is 1.09. The number of hydrogen-bond donors (Lipinski definition) is 2. The Kier molecular flexibility index (Phi) is 5.69. The molecule has 3 fully saturated rings. The predicted molar refractivity (Wildman–Crippen MR) is 135 cm³/mol. The first-order valence-corrected chi connectivity index (χ1v) is 13.0. The zero-order chi connectivity index (χ0) is 21.3. The number of rotatable bonds is 4. The fraction of sp³-hybridized carbons (Fsp3) is 0.517. The minimum atomic E-state index is 0.701. The zero-order valence-electron chi connectivity index (χ0n) is 19.2. The molecule has 3 atom stereocenters. The van der Waals surface area contributed by atoms with Gasteiger partial charge in [0.05, 0.1) is 0 Å². The number of benzene rings is 2. The van der Waals surface area contributed by atoms with Gasteiger partial charge in [0.1, 0.15) is 0 Å². The molecule has 1 aliphatic heterocycles. The third-order valence-corrected chi connectivity index (χ3v) is 8.46. The van der Waals surface area contributed by atoms with E-state index in [4.69, 9.17) is 0 Å². The van der Waals surface area contributed by atoms with Gasteiger partial charge in [0.25, 0.3) is 0 Å². The molecule has 2 bridgehead atoms. The van der Waals surface area contributed by atoms with Crippen molar-refractivity contribution >= 4 is 16.6 Å². The highest BCUT2D eigenvalue weighted by Gasteiger charge is 2.30. The second-order valence-corrected chi connectivity index (χ2v) is 10.7. The van der Waals surface area contributed by atoms with Crippen LogP contribution in [0.15, 0.2) is 54.6 Å². The molecule has 0 amide bonds. The summed E-state index contributed by atoms with van der Waals surface area (Å²) in [7, 11) is 0. The number of piperidine rings is 1. The van der Waals surface area contributed by atoms with E-state index < -0.39 is 0 Å². The predicted octanol–water partition coefficient (Wildman–Crippen LogP) is 6.75. The lowest BCUT2D eigenvalue weighted by Crippen LogP contribution is -2.47. The first-order valence-electron chi connectivity index (χ1n) is 13.0. The molecule has 2 aliphatic carbocycles. The van der Waals surface area contributed by atoms with Crippen molar-refractivity contribution in [2.45, 2.75) is 69.9 Å². The Morgan fingerprint density at radius 2 is 1.53 bits per heavy atom. The van der Waals surface area contributed by atoms with Gasteiger partial charge in [0, 0.05) is 47.5 Å².